The zero-order valence-corrected chi connectivity index (χ0v) is 15.6. The van der Waals surface area contributed by atoms with Crippen LogP contribution in [0.15, 0.2) is 52.6 Å². The Morgan fingerprint density at radius 3 is 2.54 bits per heavy atom. The van der Waals surface area contributed by atoms with E-state index in [-0.39, 0.29) is 23.3 Å². The van der Waals surface area contributed by atoms with Crippen LogP contribution in [0.25, 0.3) is 6.08 Å². The number of rotatable bonds is 5. The predicted octanol–water partition coefficient (Wildman–Crippen LogP) is 3.28. The van der Waals surface area contributed by atoms with E-state index in [4.69, 9.17) is 17.0 Å². The fourth-order valence-electron chi connectivity index (χ4n) is 2.28. The molecule has 1 heterocycles. The van der Waals surface area contributed by atoms with Gasteiger partial charge in [-0.2, -0.15) is 0 Å². The standard InChI is InChI=1S/C17H12BrN3O4S/c18-12-3-6-15(11(7-12)8-14-16(22)20-17(26)19-14)25-9-10-1-4-13(5-2-10)21(23)24/h1-8H,9H2,(H2,19,20,22,26)/b14-8+. The van der Waals surface area contributed by atoms with Gasteiger partial charge < -0.3 is 10.1 Å². The van der Waals surface area contributed by atoms with Crippen molar-refractivity contribution in [3.63, 3.8) is 0 Å². The molecule has 0 saturated carbocycles. The number of carbonyl (C=O) groups excluding carboxylic acids is 1. The summed E-state index contributed by atoms with van der Waals surface area (Å²) in [4.78, 5) is 22.1. The Morgan fingerprint density at radius 2 is 1.92 bits per heavy atom. The third kappa shape index (κ3) is 4.24. The van der Waals surface area contributed by atoms with Crippen LogP contribution in [0.5, 0.6) is 5.75 Å². The predicted molar refractivity (Wildman–Crippen MR) is 103 cm³/mol. The molecule has 1 fully saturated rings. The first-order valence-corrected chi connectivity index (χ1v) is 8.62. The SMILES string of the molecule is O=C1NC(=S)N/C1=C/c1cc(Br)ccc1OCc1ccc([N+](=O)[O-])cc1. The maximum atomic E-state index is 11.8. The Labute approximate surface area is 162 Å². The van der Waals surface area contributed by atoms with Crippen LogP contribution >= 0.6 is 28.1 Å². The number of thiocarbonyl (C=S) groups is 1. The zero-order chi connectivity index (χ0) is 18.7. The lowest BCUT2D eigenvalue weighted by molar-refractivity contribution is -0.384. The van der Waals surface area contributed by atoms with Crippen molar-refractivity contribution in [1.29, 1.82) is 0 Å². The highest BCUT2D eigenvalue weighted by atomic mass is 79.9. The molecule has 0 radical (unpaired) electrons. The van der Waals surface area contributed by atoms with Gasteiger partial charge in [-0.25, -0.2) is 0 Å². The number of carbonyl (C=O) groups is 1. The van der Waals surface area contributed by atoms with Crippen molar-refractivity contribution in [2.75, 3.05) is 0 Å². The summed E-state index contributed by atoms with van der Waals surface area (Å²) in [6, 6.07) is 11.5. The third-order valence-electron chi connectivity index (χ3n) is 3.53. The number of nitrogens with zero attached hydrogens (tertiary/aromatic N) is 1. The topological polar surface area (TPSA) is 93.5 Å². The Bertz CT molecular complexity index is 928. The van der Waals surface area contributed by atoms with E-state index in [0.29, 0.717) is 17.0 Å². The van der Waals surface area contributed by atoms with E-state index in [1.54, 1.807) is 24.3 Å². The molecule has 2 aromatic carbocycles. The van der Waals surface area contributed by atoms with Gasteiger partial charge in [0.2, 0.25) is 0 Å². The Morgan fingerprint density at radius 1 is 1.19 bits per heavy atom. The highest BCUT2D eigenvalue weighted by molar-refractivity contribution is 9.10. The number of hydrogen-bond donors (Lipinski definition) is 2. The second-order valence-electron chi connectivity index (χ2n) is 5.36. The molecule has 9 heteroatoms. The normalized spacial score (nSPS) is 14.9. The Kier molecular flexibility index (Phi) is 5.29. The second-order valence-corrected chi connectivity index (χ2v) is 6.68. The molecule has 0 aliphatic carbocycles. The van der Waals surface area contributed by atoms with Crippen LogP contribution in [0.3, 0.4) is 0 Å². The smallest absolute Gasteiger partial charge is 0.273 e. The van der Waals surface area contributed by atoms with E-state index in [2.05, 4.69) is 26.6 Å². The Hall–Kier alpha value is -2.78. The number of halogens is 1. The maximum absolute atomic E-state index is 11.8. The van der Waals surface area contributed by atoms with Gasteiger partial charge in [0.25, 0.3) is 11.6 Å². The molecule has 0 aromatic heterocycles. The van der Waals surface area contributed by atoms with Crippen molar-refractivity contribution in [2.45, 2.75) is 6.61 Å². The molecule has 3 rings (SSSR count). The summed E-state index contributed by atoms with van der Waals surface area (Å²) in [5.74, 6) is 0.253. The van der Waals surface area contributed by atoms with E-state index >= 15 is 0 Å². The van der Waals surface area contributed by atoms with Crippen molar-refractivity contribution >= 4 is 50.9 Å². The lowest BCUT2D eigenvalue weighted by Gasteiger charge is -2.10. The quantitative estimate of drug-likeness (QED) is 0.325. The first-order valence-electron chi connectivity index (χ1n) is 7.42. The van der Waals surface area contributed by atoms with Crippen LogP contribution in [0, 0.1) is 10.1 Å². The van der Waals surface area contributed by atoms with E-state index in [1.165, 1.54) is 12.1 Å². The number of non-ortho nitro benzene ring substituents is 1. The molecule has 1 aliphatic rings. The van der Waals surface area contributed by atoms with E-state index in [9.17, 15) is 14.9 Å². The summed E-state index contributed by atoms with van der Waals surface area (Å²) in [6.07, 6.45) is 1.64. The van der Waals surface area contributed by atoms with Gasteiger partial charge in [-0.1, -0.05) is 15.9 Å². The van der Waals surface area contributed by atoms with Gasteiger partial charge in [0.1, 0.15) is 18.1 Å². The monoisotopic (exact) mass is 433 g/mol. The average molecular weight is 434 g/mol. The lowest BCUT2D eigenvalue weighted by Crippen LogP contribution is -2.21. The number of benzene rings is 2. The maximum Gasteiger partial charge on any atom is 0.273 e. The molecule has 0 spiro atoms. The van der Waals surface area contributed by atoms with Gasteiger partial charge in [-0.3, -0.25) is 20.2 Å². The van der Waals surface area contributed by atoms with Crippen molar-refractivity contribution in [3.05, 3.63) is 73.9 Å². The number of hydrogen-bond acceptors (Lipinski definition) is 5. The summed E-state index contributed by atoms with van der Waals surface area (Å²) in [5.41, 5.74) is 1.82. The molecular formula is C17H12BrN3O4S. The van der Waals surface area contributed by atoms with Gasteiger partial charge in [0.05, 0.1) is 4.92 Å². The van der Waals surface area contributed by atoms with Crippen LogP contribution in [0.4, 0.5) is 5.69 Å². The fraction of sp³-hybridized carbons (Fsp3) is 0.0588. The number of amides is 1. The molecule has 1 aliphatic heterocycles. The number of ether oxygens (including phenoxy) is 1. The minimum atomic E-state index is -0.451. The molecule has 132 valence electrons. The van der Waals surface area contributed by atoms with Gasteiger partial charge in [0, 0.05) is 22.2 Å². The fourth-order valence-corrected chi connectivity index (χ4v) is 2.86. The van der Waals surface area contributed by atoms with Crippen molar-refractivity contribution in [1.82, 2.24) is 10.6 Å². The van der Waals surface area contributed by atoms with Gasteiger partial charge in [-0.05, 0) is 54.2 Å². The van der Waals surface area contributed by atoms with Crippen LogP contribution in [0.2, 0.25) is 0 Å². The van der Waals surface area contributed by atoms with Gasteiger partial charge in [-0.15, -0.1) is 0 Å². The van der Waals surface area contributed by atoms with Crippen molar-refractivity contribution in [3.8, 4) is 5.75 Å². The zero-order valence-electron chi connectivity index (χ0n) is 13.2. The third-order valence-corrected chi connectivity index (χ3v) is 4.23. The summed E-state index contributed by atoms with van der Waals surface area (Å²) >= 11 is 8.31. The largest absolute Gasteiger partial charge is 0.488 e. The molecule has 2 N–H and O–H groups in total. The highest BCUT2D eigenvalue weighted by Crippen LogP contribution is 2.27. The van der Waals surface area contributed by atoms with E-state index in [1.807, 2.05) is 12.1 Å². The average Bonchev–Trinajstić information content (AvgIpc) is 2.92. The molecule has 0 unspecified atom stereocenters. The summed E-state index contributed by atoms with van der Waals surface area (Å²) in [6.45, 7) is 0.230. The molecule has 1 amide bonds. The number of nitrogens with one attached hydrogen (secondary N) is 2. The van der Waals surface area contributed by atoms with Gasteiger partial charge in [0.15, 0.2) is 5.11 Å². The molecular weight excluding hydrogens is 422 g/mol. The van der Waals surface area contributed by atoms with Crippen molar-refractivity contribution in [2.24, 2.45) is 0 Å². The molecule has 7 nitrogen and oxygen atoms in total. The second kappa shape index (κ2) is 7.63. The first kappa shape index (κ1) is 18.0. The van der Waals surface area contributed by atoms with E-state index < -0.39 is 4.92 Å². The molecule has 26 heavy (non-hydrogen) atoms. The van der Waals surface area contributed by atoms with Crippen LogP contribution < -0.4 is 15.4 Å². The minimum Gasteiger partial charge on any atom is -0.488 e. The van der Waals surface area contributed by atoms with Crippen molar-refractivity contribution < 1.29 is 14.5 Å². The highest BCUT2D eigenvalue weighted by Gasteiger charge is 2.20. The number of nitro benzene ring substituents is 1. The number of nitro groups is 1. The van der Waals surface area contributed by atoms with Gasteiger partial charge >= 0.3 is 0 Å². The summed E-state index contributed by atoms with van der Waals surface area (Å²) in [5, 5.41) is 16.2. The molecule has 0 bridgehead atoms. The lowest BCUT2D eigenvalue weighted by atomic mass is 10.1. The summed E-state index contributed by atoms with van der Waals surface area (Å²) < 4.78 is 6.65. The van der Waals surface area contributed by atoms with Crippen LogP contribution in [0.1, 0.15) is 11.1 Å². The minimum absolute atomic E-state index is 0.0251. The summed E-state index contributed by atoms with van der Waals surface area (Å²) in [7, 11) is 0. The molecule has 2 aromatic rings. The molecule has 1 saturated heterocycles. The van der Waals surface area contributed by atoms with E-state index in [0.717, 1.165) is 10.0 Å². The first-order chi connectivity index (χ1) is 12.4. The van der Waals surface area contributed by atoms with Crippen LogP contribution in [-0.4, -0.2) is 15.9 Å². The van der Waals surface area contributed by atoms with Crippen LogP contribution in [-0.2, 0) is 11.4 Å². The molecule has 0 atom stereocenters. The Balaban J connectivity index is 1.80.